The molecule has 1 aromatic rings. The van der Waals surface area contributed by atoms with E-state index >= 15 is 0 Å². The van der Waals surface area contributed by atoms with Crippen LogP contribution in [0.4, 0.5) is 4.39 Å². The fraction of sp³-hybridized carbons (Fsp3) is 0.111. The third kappa shape index (κ3) is 2.38. The summed E-state index contributed by atoms with van der Waals surface area (Å²) >= 11 is 3.22. The van der Waals surface area contributed by atoms with E-state index in [1.54, 1.807) is 24.3 Å². The Hall–Kier alpha value is -1.23. The van der Waals surface area contributed by atoms with Gasteiger partial charge in [0.25, 0.3) is 0 Å². The number of nitrogens with zero attached hydrogens (tertiary/aromatic N) is 1. The van der Waals surface area contributed by atoms with E-state index in [-0.39, 0.29) is 5.57 Å². The van der Waals surface area contributed by atoms with Crippen LogP contribution in [0, 0.1) is 10.1 Å². The minimum atomic E-state index is -1.31. The highest BCUT2D eigenvalue weighted by Crippen LogP contribution is 2.21. The van der Waals surface area contributed by atoms with E-state index in [9.17, 15) is 14.5 Å². The fourth-order valence-corrected chi connectivity index (χ4v) is 1.22. The Balaban J connectivity index is 3.12. The average Bonchev–Trinajstić information content (AvgIpc) is 2.16. The number of allylic oxidation sites excluding steroid dienone is 1. The Morgan fingerprint density at radius 2 is 1.93 bits per heavy atom. The Kier molecular flexibility index (Phi) is 3.35. The molecule has 0 bridgehead atoms. The summed E-state index contributed by atoms with van der Waals surface area (Å²) in [4.78, 5) is 9.11. The van der Waals surface area contributed by atoms with Crippen molar-refractivity contribution in [3.05, 3.63) is 50.4 Å². The molecule has 0 heterocycles. The van der Waals surface area contributed by atoms with Gasteiger partial charge in [0.2, 0.25) is 0 Å². The summed E-state index contributed by atoms with van der Waals surface area (Å²) in [5.41, 5.74) is 0.532. The van der Waals surface area contributed by atoms with E-state index in [0.29, 0.717) is 5.56 Å². The number of halogens is 2. The average molecular weight is 260 g/mol. The van der Waals surface area contributed by atoms with Gasteiger partial charge in [-0.2, -0.15) is 0 Å². The van der Waals surface area contributed by atoms with E-state index in [0.717, 1.165) is 4.47 Å². The molecule has 1 aromatic carbocycles. The molecule has 5 heteroatoms. The molecule has 0 atom stereocenters. The molecule has 0 unspecified atom stereocenters. The van der Waals surface area contributed by atoms with Gasteiger partial charge in [-0.15, -0.1) is 4.39 Å². The molecule has 0 N–H and O–H groups in total. The Morgan fingerprint density at radius 3 is 2.36 bits per heavy atom. The van der Waals surface area contributed by atoms with E-state index < -0.39 is 10.9 Å². The van der Waals surface area contributed by atoms with Gasteiger partial charge in [0.05, 0.1) is 10.5 Å². The summed E-state index contributed by atoms with van der Waals surface area (Å²) in [6, 6.07) is 6.63. The predicted molar refractivity (Wildman–Crippen MR) is 54.8 cm³/mol. The van der Waals surface area contributed by atoms with Gasteiger partial charge >= 0.3 is 5.95 Å². The summed E-state index contributed by atoms with van der Waals surface area (Å²) in [5.74, 6) is -1.31. The van der Waals surface area contributed by atoms with Crippen molar-refractivity contribution < 1.29 is 9.31 Å². The zero-order valence-corrected chi connectivity index (χ0v) is 8.92. The molecule has 0 radical (unpaired) electrons. The van der Waals surface area contributed by atoms with Gasteiger partial charge in [-0.1, -0.05) is 28.1 Å². The molecule has 0 fully saturated rings. The molecule has 0 aliphatic carbocycles. The summed E-state index contributed by atoms with van der Waals surface area (Å²) < 4.78 is 13.7. The summed E-state index contributed by atoms with van der Waals surface area (Å²) in [7, 11) is 0. The monoisotopic (exact) mass is 259 g/mol. The zero-order valence-electron chi connectivity index (χ0n) is 7.33. The maximum absolute atomic E-state index is 12.9. The molecular weight excluding hydrogens is 253 g/mol. The number of benzene rings is 1. The Morgan fingerprint density at radius 1 is 1.43 bits per heavy atom. The van der Waals surface area contributed by atoms with Crippen LogP contribution in [0.25, 0.3) is 5.57 Å². The normalized spacial score (nSPS) is 12.2. The standard InChI is InChI=1S/C9H7BrFNO2/c1-6(9(11)12(13)14)7-2-4-8(10)5-3-7/h2-5H,1H3. The first kappa shape index (κ1) is 10.8. The molecule has 74 valence electrons. The summed E-state index contributed by atoms with van der Waals surface area (Å²) in [6.45, 7) is 1.38. The van der Waals surface area contributed by atoms with Crippen molar-refractivity contribution in [3.63, 3.8) is 0 Å². The Labute approximate surface area is 88.5 Å². The molecule has 0 saturated heterocycles. The molecule has 0 saturated carbocycles. The Bertz CT molecular complexity index is 386. The third-order valence-corrected chi connectivity index (χ3v) is 2.28. The third-order valence-electron chi connectivity index (χ3n) is 1.75. The minimum Gasteiger partial charge on any atom is -0.256 e. The van der Waals surface area contributed by atoms with Crippen molar-refractivity contribution in [2.45, 2.75) is 6.92 Å². The van der Waals surface area contributed by atoms with Crippen molar-refractivity contribution in [1.82, 2.24) is 0 Å². The van der Waals surface area contributed by atoms with Crippen molar-refractivity contribution >= 4 is 21.5 Å². The molecule has 0 amide bonds. The lowest BCUT2D eigenvalue weighted by Gasteiger charge is -1.98. The number of rotatable bonds is 2. The molecule has 0 aliphatic heterocycles. The van der Waals surface area contributed by atoms with Crippen molar-refractivity contribution in [1.29, 1.82) is 0 Å². The first-order valence-corrected chi connectivity index (χ1v) is 4.58. The predicted octanol–water partition coefficient (Wildman–Crippen LogP) is 3.38. The minimum absolute atomic E-state index is 0.0301. The molecule has 1 rings (SSSR count). The highest BCUT2D eigenvalue weighted by molar-refractivity contribution is 9.10. The van der Waals surface area contributed by atoms with Crippen LogP contribution in [0.15, 0.2) is 34.7 Å². The SMILES string of the molecule is CC(=C(F)[N+](=O)[O-])c1ccc(Br)cc1. The number of hydrogen-bond donors (Lipinski definition) is 0. The van der Waals surface area contributed by atoms with Crippen LogP contribution in [0.3, 0.4) is 0 Å². The van der Waals surface area contributed by atoms with Gasteiger partial charge in [-0.05, 0) is 24.6 Å². The van der Waals surface area contributed by atoms with Crippen LogP contribution in [0.5, 0.6) is 0 Å². The first-order valence-electron chi connectivity index (χ1n) is 3.79. The van der Waals surface area contributed by atoms with E-state index in [1.165, 1.54) is 6.92 Å². The largest absolute Gasteiger partial charge is 0.422 e. The van der Waals surface area contributed by atoms with Crippen molar-refractivity contribution in [2.24, 2.45) is 0 Å². The van der Waals surface area contributed by atoms with Gasteiger partial charge in [-0.3, -0.25) is 10.1 Å². The lowest BCUT2D eigenvalue weighted by molar-refractivity contribution is -0.445. The summed E-state index contributed by atoms with van der Waals surface area (Å²) in [5, 5.41) is 10.1. The van der Waals surface area contributed by atoms with Crippen LogP contribution < -0.4 is 0 Å². The number of hydrogen-bond acceptors (Lipinski definition) is 2. The maximum Gasteiger partial charge on any atom is 0.422 e. The van der Waals surface area contributed by atoms with Gasteiger partial charge in [0.15, 0.2) is 0 Å². The molecule has 0 aliphatic rings. The zero-order chi connectivity index (χ0) is 10.7. The van der Waals surface area contributed by atoms with Gasteiger partial charge in [0.1, 0.15) is 0 Å². The maximum atomic E-state index is 12.9. The quantitative estimate of drug-likeness (QED) is 0.464. The molecule has 0 aromatic heterocycles. The second-order valence-electron chi connectivity index (χ2n) is 2.68. The summed E-state index contributed by atoms with van der Waals surface area (Å²) in [6.07, 6.45) is 0. The van der Waals surface area contributed by atoms with Gasteiger partial charge in [0, 0.05) is 4.47 Å². The lowest BCUT2D eigenvalue weighted by atomic mass is 10.1. The van der Waals surface area contributed by atoms with E-state index in [4.69, 9.17) is 0 Å². The van der Waals surface area contributed by atoms with Crippen molar-refractivity contribution in [3.8, 4) is 0 Å². The van der Waals surface area contributed by atoms with Crippen molar-refractivity contribution in [2.75, 3.05) is 0 Å². The smallest absolute Gasteiger partial charge is 0.256 e. The molecule has 14 heavy (non-hydrogen) atoms. The molecule has 0 spiro atoms. The molecular formula is C9H7BrFNO2. The van der Waals surface area contributed by atoms with Gasteiger partial charge in [-0.25, -0.2) is 0 Å². The van der Waals surface area contributed by atoms with E-state index in [2.05, 4.69) is 15.9 Å². The van der Waals surface area contributed by atoms with Gasteiger partial charge < -0.3 is 0 Å². The molecule has 3 nitrogen and oxygen atoms in total. The fourth-order valence-electron chi connectivity index (χ4n) is 0.956. The second kappa shape index (κ2) is 4.32. The first-order chi connectivity index (χ1) is 6.52. The highest BCUT2D eigenvalue weighted by atomic mass is 79.9. The number of nitro groups is 1. The van der Waals surface area contributed by atoms with E-state index in [1.807, 2.05) is 0 Å². The van der Waals surface area contributed by atoms with Crippen LogP contribution in [-0.2, 0) is 0 Å². The lowest BCUT2D eigenvalue weighted by Crippen LogP contribution is -1.95. The van der Waals surface area contributed by atoms with Crippen LogP contribution in [0.2, 0.25) is 0 Å². The highest BCUT2D eigenvalue weighted by Gasteiger charge is 2.14. The second-order valence-corrected chi connectivity index (χ2v) is 3.60. The van der Waals surface area contributed by atoms with Crippen LogP contribution >= 0.6 is 15.9 Å². The topological polar surface area (TPSA) is 43.1 Å². The van der Waals surface area contributed by atoms with Crippen LogP contribution in [-0.4, -0.2) is 4.92 Å². The van der Waals surface area contributed by atoms with Crippen LogP contribution in [0.1, 0.15) is 12.5 Å².